The summed E-state index contributed by atoms with van der Waals surface area (Å²) in [7, 11) is 1.66. The third kappa shape index (κ3) is 4.57. The number of ether oxygens (including phenoxy) is 1. The Morgan fingerprint density at radius 1 is 1.19 bits per heavy atom. The van der Waals surface area contributed by atoms with Crippen molar-refractivity contribution in [1.29, 1.82) is 0 Å². The van der Waals surface area contributed by atoms with Crippen LogP contribution in [0.4, 0.5) is 11.5 Å². The van der Waals surface area contributed by atoms with Crippen molar-refractivity contribution in [3.05, 3.63) is 53.7 Å². The van der Waals surface area contributed by atoms with Gasteiger partial charge in [-0.3, -0.25) is 4.79 Å². The fourth-order valence-corrected chi connectivity index (χ4v) is 1.76. The molecule has 2 aromatic rings. The summed E-state index contributed by atoms with van der Waals surface area (Å²) in [5, 5.41) is 5.93. The number of hydrogen-bond acceptors (Lipinski definition) is 4. The molecule has 0 bridgehead atoms. The maximum absolute atomic E-state index is 12.0. The minimum atomic E-state index is -0.164. The summed E-state index contributed by atoms with van der Waals surface area (Å²) < 4.78 is 4.96. The number of nitrogens with one attached hydrogen (secondary N) is 2. The molecule has 21 heavy (non-hydrogen) atoms. The standard InChI is InChI=1S/C16H19N3O2/c1-12-3-5-13(6-4-12)16(20)19-15-8-7-14(11-18-15)17-9-10-21-2/h3-8,11,17H,9-10H2,1-2H3,(H,18,19,20). The summed E-state index contributed by atoms with van der Waals surface area (Å²) in [6, 6.07) is 11.0. The van der Waals surface area contributed by atoms with E-state index in [2.05, 4.69) is 15.6 Å². The normalized spacial score (nSPS) is 10.2. The Kier molecular flexibility index (Phi) is 5.29. The minimum Gasteiger partial charge on any atom is -0.383 e. The van der Waals surface area contributed by atoms with Crippen LogP contribution in [0.5, 0.6) is 0 Å². The van der Waals surface area contributed by atoms with Gasteiger partial charge in [0, 0.05) is 19.2 Å². The Balaban J connectivity index is 1.93. The van der Waals surface area contributed by atoms with Crippen LogP contribution in [0.3, 0.4) is 0 Å². The largest absolute Gasteiger partial charge is 0.383 e. The van der Waals surface area contributed by atoms with E-state index in [0.29, 0.717) is 24.5 Å². The quantitative estimate of drug-likeness (QED) is 0.801. The number of anilines is 2. The van der Waals surface area contributed by atoms with Crippen molar-refractivity contribution in [3.63, 3.8) is 0 Å². The highest BCUT2D eigenvalue weighted by molar-refractivity contribution is 6.03. The summed E-state index contributed by atoms with van der Waals surface area (Å²) in [6.07, 6.45) is 1.68. The smallest absolute Gasteiger partial charge is 0.256 e. The number of pyridine rings is 1. The summed E-state index contributed by atoms with van der Waals surface area (Å²) in [6.45, 7) is 3.33. The number of hydrogen-bond donors (Lipinski definition) is 2. The van der Waals surface area contributed by atoms with Crippen LogP contribution < -0.4 is 10.6 Å². The van der Waals surface area contributed by atoms with Crippen LogP contribution in [-0.2, 0) is 4.74 Å². The lowest BCUT2D eigenvalue weighted by Gasteiger charge is -2.07. The van der Waals surface area contributed by atoms with Gasteiger partial charge in [0.25, 0.3) is 5.91 Å². The van der Waals surface area contributed by atoms with Gasteiger partial charge in [0.15, 0.2) is 0 Å². The molecule has 0 radical (unpaired) electrons. The van der Waals surface area contributed by atoms with Crippen LogP contribution in [0.15, 0.2) is 42.6 Å². The second-order valence-corrected chi connectivity index (χ2v) is 4.67. The first-order valence-corrected chi connectivity index (χ1v) is 6.76. The summed E-state index contributed by atoms with van der Waals surface area (Å²) >= 11 is 0. The average molecular weight is 285 g/mol. The van der Waals surface area contributed by atoms with Crippen molar-refractivity contribution in [1.82, 2.24) is 4.98 Å². The third-order valence-electron chi connectivity index (χ3n) is 2.95. The molecule has 2 rings (SSSR count). The number of carbonyl (C=O) groups excluding carboxylic acids is 1. The van der Waals surface area contributed by atoms with Gasteiger partial charge in [0.05, 0.1) is 18.5 Å². The number of methoxy groups -OCH3 is 1. The molecule has 110 valence electrons. The molecule has 5 heteroatoms. The van der Waals surface area contributed by atoms with Crippen LogP contribution >= 0.6 is 0 Å². The van der Waals surface area contributed by atoms with E-state index in [1.807, 2.05) is 25.1 Å². The third-order valence-corrected chi connectivity index (χ3v) is 2.95. The number of amides is 1. The molecule has 0 unspecified atom stereocenters. The maximum atomic E-state index is 12.0. The van der Waals surface area contributed by atoms with Crippen LogP contribution in [0.2, 0.25) is 0 Å². The van der Waals surface area contributed by atoms with Gasteiger partial charge in [-0.1, -0.05) is 17.7 Å². The van der Waals surface area contributed by atoms with Crippen molar-refractivity contribution in [2.75, 3.05) is 30.9 Å². The van der Waals surface area contributed by atoms with Gasteiger partial charge >= 0.3 is 0 Å². The molecule has 0 fully saturated rings. The van der Waals surface area contributed by atoms with Gasteiger partial charge in [0.2, 0.25) is 0 Å². The molecule has 0 aliphatic heterocycles. The highest BCUT2D eigenvalue weighted by atomic mass is 16.5. The van der Waals surface area contributed by atoms with Gasteiger partial charge in [-0.05, 0) is 31.2 Å². The lowest BCUT2D eigenvalue weighted by atomic mass is 10.1. The Labute approximate surface area is 124 Å². The minimum absolute atomic E-state index is 0.164. The van der Waals surface area contributed by atoms with Crippen molar-refractivity contribution in [2.45, 2.75) is 6.92 Å². The average Bonchev–Trinajstić information content (AvgIpc) is 2.50. The van der Waals surface area contributed by atoms with Crippen molar-refractivity contribution >= 4 is 17.4 Å². The predicted molar refractivity (Wildman–Crippen MR) is 83.7 cm³/mol. The molecule has 0 spiro atoms. The molecular formula is C16H19N3O2. The SMILES string of the molecule is COCCNc1ccc(NC(=O)c2ccc(C)cc2)nc1. The van der Waals surface area contributed by atoms with E-state index in [9.17, 15) is 4.79 Å². The fourth-order valence-electron chi connectivity index (χ4n) is 1.76. The summed E-state index contributed by atoms with van der Waals surface area (Å²) in [5.74, 6) is 0.362. The number of benzene rings is 1. The Morgan fingerprint density at radius 2 is 1.95 bits per heavy atom. The predicted octanol–water partition coefficient (Wildman–Crippen LogP) is 2.70. The van der Waals surface area contributed by atoms with E-state index in [1.165, 1.54) is 0 Å². The molecule has 5 nitrogen and oxygen atoms in total. The molecule has 0 aliphatic rings. The fraction of sp³-hybridized carbons (Fsp3) is 0.250. The van der Waals surface area contributed by atoms with Gasteiger partial charge in [0.1, 0.15) is 5.82 Å². The zero-order valence-corrected chi connectivity index (χ0v) is 12.2. The van der Waals surface area contributed by atoms with E-state index in [4.69, 9.17) is 4.74 Å². The van der Waals surface area contributed by atoms with E-state index in [-0.39, 0.29) is 5.91 Å². The molecule has 0 atom stereocenters. The Bertz CT molecular complexity index is 579. The molecule has 0 aliphatic carbocycles. The molecule has 1 amide bonds. The Hall–Kier alpha value is -2.40. The number of rotatable bonds is 6. The van der Waals surface area contributed by atoms with E-state index >= 15 is 0 Å². The van der Waals surface area contributed by atoms with Crippen LogP contribution in [0, 0.1) is 6.92 Å². The molecule has 2 N–H and O–H groups in total. The zero-order valence-electron chi connectivity index (χ0n) is 12.2. The first-order valence-electron chi connectivity index (χ1n) is 6.76. The Morgan fingerprint density at radius 3 is 2.57 bits per heavy atom. The molecular weight excluding hydrogens is 266 g/mol. The topological polar surface area (TPSA) is 63.2 Å². The van der Waals surface area contributed by atoms with Gasteiger partial charge in [-0.2, -0.15) is 0 Å². The first-order chi connectivity index (χ1) is 10.2. The number of nitrogens with zero attached hydrogens (tertiary/aromatic N) is 1. The monoisotopic (exact) mass is 285 g/mol. The van der Waals surface area contributed by atoms with Crippen LogP contribution in [0.25, 0.3) is 0 Å². The van der Waals surface area contributed by atoms with E-state index in [0.717, 1.165) is 11.3 Å². The lowest BCUT2D eigenvalue weighted by Crippen LogP contribution is -2.13. The number of aryl methyl sites for hydroxylation is 1. The zero-order chi connectivity index (χ0) is 15.1. The van der Waals surface area contributed by atoms with Crippen molar-refractivity contribution in [3.8, 4) is 0 Å². The van der Waals surface area contributed by atoms with Crippen molar-refractivity contribution in [2.24, 2.45) is 0 Å². The molecule has 0 saturated heterocycles. The van der Waals surface area contributed by atoms with Crippen molar-refractivity contribution < 1.29 is 9.53 Å². The first kappa shape index (κ1) is 15.0. The maximum Gasteiger partial charge on any atom is 0.256 e. The molecule has 1 aromatic heterocycles. The van der Waals surface area contributed by atoms with Crippen LogP contribution in [0.1, 0.15) is 15.9 Å². The van der Waals surface area contributed by atoms with Gasteiger partial charge in [-0.15, -0.1) is 0 Å². The molecule has 1 aromatic carbocycles. The van der Waals surface area contributed by atoms with E-state index < -0.39 is 0 Å². The highest BCUT2D eigenvalue weighted by Gasteiger charge is 2.06. The molecule has 1 heterocycles. The highest BCUT2D eigenvalue weighted by Crippen LogP contribution is 2.11. The number of aromatic nitrogens is 1. The van der Waals surface area contributed by atoms with Gasteiger partial charge in [-0.25, -0.2) is 4.98 Å². The summed E-state index contributed by atoms with van der Waals surface area (Å²) in [4.78, 5) is 16.2. The molecule has 0 saturated carbocycles. The second-order valence-electron chi connectivity index (χ2n) is 4.67. The van der Waals surface area contributed by atoms with Crippen LogP contribution in [-0.4, -0.2) is 31.2 Å². The number of carbonyl (C=O) groups is 1. The van der Waals surface area contributed by atoms with Gasteiger partial charge < -0.3 is 15.4 Å². The van der Waals surface area contributed by atoms with E-state index in [1.54, 1.807) is 31.5 Å². The lowest BCUT2D eigenvalue weighted by molar-refractivity contribution is 0.102. The summed E-state index contributed by atoms with van der Waals surface area (Å²) in [5.41, 5.74) is 2.63. The second kappa shape index (κ2) is 7.40.